The molecule has 4 aromatic carbocycles. The van der Waals surface area contributed by atoms with Crippen molar-refractivity contribution in [3.63, 3.8) is 0 Å². The molecule has 4 rings (SSSR count). The fourth-order valence-corrected chi connectivity index (χ4v) is 5.99. The van der Waals surface area contributed by atoms with E-state index in [0.717, 1.165) is 10.4 Å². The maximum absolute atomic E-state index is 16.1. The number of hydrogen-bond donors (Lipinski definition) is 0. The Hall–Kier alpha value is -3.98. The van der Waals surface area contributed by atoms with E-state index in [4.69, 9.17) is 4.74 Å². The third-order valence-electron chi connectivity index (χ3n) is 6.19. The average Bonchev–Trinajstić information content (AvgIpc) is 2.93. The van der Waals surface area contributed by atoms with Gasteiger partial charge >= 0.3 is 0 Å². The molecule has 0 aliphatic rings. The van der Waals surface area contributed by atoms with Gasteiger partial charge in [0.2, 0.25) is 10.0 Å². The molecule has 0 N–H and O–H groups in total. The number of halogens is 3. The van der Waals surface area contributed by atoms with Crippen LogP contribution in [0.25, 0.3) is 0 Å². The number of methoxy groups -OCH3 is 1. The topological polar surface area (TPSA) is 49.9 Å². The van der Waals surface area contributed by atoms with E-state index in [1.807, 2.05) is 6.92 Å². The first-order chi connectivity index (χ1) is 18.7. The van der Waals surface area contributed by atoms with Gasteiger partial charge in [0, 0.05) is 11.8 Å². The van der Waals surface area contributed by atoms with Crippen molar-refractivity contribution in [2.45, 2.75) is 26.7 Å². The molecular weight excluding hydrogens is 525 g/mol. The number of benzene rings is 4. The maximum Gasteiger partial charge on any atom is 0.239 e. The highest BCUT2D eigenvalue weighted by molar-refractivity contribution is 7.93. The number of sulfonamides is 1. The fourth-order valence-electron chi connectivity index (χ4n) is 4.40. The molecule has 0 heterocycles. The minimum Gasteiger partial charge on any atom is -0.494 e. The summed E-state index contributed by atoms with van der Waals surface area (Å²) in [4.78, 5) is 1.18. The first kappa shape index (κ1) is 28.0. The summed E-state index contributed by atoms with van der Waals surface area (Å²) in [5.41, 5.74) is 0.301. The predicted octanol–water partition coefficient (Wildman–Crippen LogP) is 8.02. The second-order valence-electron chi connectivity index (χ2n) is 8.80. The number of aryl methyl sites for hydroxylation is 1. The number of rotatable bonds is 10. The number of nitrogens with zero attached hydrogens (tertiary/aromatic N) is 2. The lowest BCUT2D eigenvalue weighted by Gasteiger charge is -2.34. The van der Waals surface area contributed by atoms with Gasteiger partial charge in [-0.15, -0.1) is 0 Å². The summed E-state index contributed by atoms with van der Waals surface area (Å²) in [5.74, 6) is -3.85. The first-order valence-corrected chi connectivity index (χ1v) is 14.1. The largest absolute Gasteiger partial charge is 0.494 e. The number of hydrogen-bond acceptors (Lipinski definition) is 4. The van der Waals surface area contributed by atoms with Crippen LogP contribution < -0.4 is 13.9 Å². The van der Waals surface area contributed by atoms with Crippen molar-refractivity contribution in [2.24, 2.45) is 0 Å². The van der Waals surface area contributed by atoms with Crippen LogP contribution in [0.15, 0.2) is 84.9 Å². The van der Waals surface area contributed by atoms with Crippen molar-refractivity contribution in [1.82, 2.24) is 0 Å². The summed E-state index contributed by atoms with van der Waals surface area (Å²) in [5, 5.41) is 0. The molecule has 39 heavy (non-hydrogen) atoms. The zero-order chi connectivity index (χ0) is 28.2. The lowest BCUT2D eigenvalue weighted by molar-refractivity contribution is 0.408. The molecule has 9 heteroatoms. The van der Waals surface area contributed by atoms with E-state index >= 15 is 13.2 Å². The molecule has 4 aromatic rings. The standard InChI is InChI=1S/C30H29F3N2O3S/c1-4-18-39(36,37)35(23-14-10-7-11-15-23)29-27(38-3)20-25(32)28(33)30(29)34(22-12-8-6-9-13-22)26-17-16-21(5-2)19-24(26)31/h6-17,19-20H,4-5,18H2,1-3H3. The van der Waals surface area contributed by atoms with Crippen molar-refractivity contribution >= 4 is 38.5 Å². The van der Waals surface area contributed by atoms with Crippen LogP contribution in [-0.4, -0.2) is 21.3 Å². The molecular formula is C30H29F3N2O3S. The number of ether oxygens (including phenoxy) is 1. The van der Waals surface area contributed by atoms with E-state index in [1.54, 1.807) is 73.7 Å². The maximum atomic E-state index is 16.1. The van der Waals surface area contributed by atoms with Gasteiger partial charge in [-0.05, 0) is 54.8 Å². The Morgan fingerprint density at radius 2 is 1.38 bits per heavy atom. The third kappa shape index (κ3) is 5.59. The smallest absolute Gasteiger partial charge is 0.239 e. The van der Waals surface area contributed by atoms with E-state index in [9.17, 15) is 8.42 Å². The van der Waals surface area contributed by atoms with Crippen LogP contribution in [0.4, 0.5) is 41.6 Å². The molecule has 0 radical (unpaired) electrons. The van der Waals surface area contributed by atoms with Gasteiger partial charge in [0.05, 0.1) is 24.2 Å². The Bertz CT molecular complexity index is 1550. The van der Waals surface area contributed by atoms with Gasteiger partial charge in [0.1, 0.15) is 22.9 Å². The van der Waals surface area contributed by atoms with Crippen molar-refractivity contribution in [2.75, 3.05) is 22.1 Å². The average molecular weight is 555 g/mol. The monoisotopic (exact) mass is 554 g/mol. The van der Waals surface area contributed by atoms with Gasteiger partial charge in [0.25, 0.3) is 0 Å². The van der Waals surface area contributed by atoms with Crippen LogP contribution in [0.1, 0.15) is 25.8 Å². The summed E-state index contributed by atoms with van der Waals surface area (Å²) in [6.07, 6.45) is 0.829. The van der Waals surface area contributed by atoms with Gasteiger partial charge in [0.15, 0.2) is 11.6 Å². The second-order valence-corrected chi connectivity index (χ2v) is 10.7. The highest BCUT2D eigenvalue weighted by Crippen LogP contribution is 2.51. The van der Waals surface area contributed by atoms with E-state index in [0.29, 0.717) is 12.0 Å². The van der Waals surface area contributed by atoms with Gasteiger partial charge in [-0.3, -0.25) is 0 Å². The highest BCUT2D eigenvalue weighted by atomic mass is 32.2. The van der Waals surface area contributed by atoms with E-state index in [-0.39, 0.29) is 40.7 Å². The molecule has 0 spiro atoms. The summed E-state index contributed by atoms with van der Waals surface area (Å²) in [6.45, 7) is 3.57. The molecule has 0 atom stereocenters. The van der Waals surface area contributed by atoms with Crippen molar-refractivity contribution in [1.29, 1.82) is 0 Å². The third-order valence-corrected chi connectivity index (χ3v) is 8.06. The zero-order valence-electron chi connectivity index (χ0n) is 21.9. The van der Waals surface area contributed by atoms with Crippen LogP contribution in [0.5, 0.6) is 5.75 Å². The zero-order valence-corrected chi connectivity index (χ0v) is 22.7. The quantitative estimate of drug-likeness (QED) is 0.199. The molecule has 0 amide bonds. The van der Waals surface area contributed by atoms with Crippen LogP contribution in [0.3, 0.4) is 0 Å². The Morgan fingerprint density at radius 1 is 0.769 bits per heavy atom. The minimum atomic E-state index is -4.14. The Balaban J connectivity index is 2.17. The molecule has 0 saturated heterocycles. The molecule has 5 nitrogen and oxygen atoms in total. The van der Waals surface area contributed by atoms with E-state index < -0.39 is 33.2 Å². The van der Waals surface area contributed by atoms with Crippen LogP contribution in [0, 0.1) is 17.5 Å². The SMILES string of the molecule is CCCS(=O)(=O)N(c1ccccc1)c1c(OC)cc(F)c(F)c1N(c1ccccc1)c1ccc(CC)cc1F. The lowest BCUT2D eigenvalue weighted by Crippen LogP contribution is -2.31. The van der Waals surface area contributed by atoms with Gasteiger partial charge in [-0.25, -0.2) is 25.9 Å². The Kier molecular flexibility index (Phi) is 8.50. The molecule has 0 aliphatic heterocycles. The fraction of sp³-hybridized carbons (Fsp3) is 0.200. The van der Waals surface area contributed by atoms with E-state index in [2.05, 4.69) is 0 Å². The molecule has 204 valence electrons. The predicted molar refractivity (Wildman–Crippen MR) is 150 cm³/mol. The Labute approximate surface area is 227 Å². The molecule has 0 bridgehead atoms. The van der Waals surface area contributed by atoms with Crippen molar-refractivity contribution < 1.29 is 26.3 Å². The molecule has 0 aliphatic carbocycles. The summed E-state index contributed by atoms with van der Waals surface area (Å²) < 4.78 is 80.9. The highest BCUT2D eigenvalue weighted by Gasteiger charge is 2.36. The first-order valence-electron chi connectivity index (χ1n) is 12.5. The van der Waals surface area contributed by atoms with E-state index in [1.165, 1.54) is 24.1 Å². The Morgan fingerprint density at radius 3 is 1.92 bits per heavy atom. The number of para-hydroxylation sites is 2. The summed E-state index contributed by atoms with van der Waals surface area (Å²) in [7, 11) is -2.90. The summed E-state index contributed by atoms with van der Waals surface area (Å²) >= 11 is 0. The molecule has 0 fully saturated rings. The molecule has 0 unspecified atom stereocenters. The van der Waals surface area contributed by atoms with Crippen LogP contribution in [-0.2, 0) is 16.4 Å². The molecule has 0 aromatic heterocycles. The summed E-state index contributed by atoms with van der Waals surface area (Å²) in [6, 6.07) is 21.6. The lowest BCUT2D eigenvalue weighted by atomic mass is 10.1. The molecule has 0 saturated carbocycles. The van der Waals surface area contributed by atoms with Gasteiger partial charge < -0.3 is 9.64 Å². The second kappa shape index (κ2) is 11.8. The van der Waals surface area contributed by atoms with Crippen molar-refractivity contribution in [3.8, 4) is 5.75 Å². The normalized spacial score (nSPS) is 11.3. The van der Waals surface area contributed by atoms with Gasteiger partial charge in [-0.2, -0.15) is 0 Å². The van der Waals surface area contributed by atoms with Crippen LogP contribution >= 0.6 is 0 Å². The van der Waals surface area contributed by atoms with Gasteiger partial charge in [-0.1, -0.05) is 56.3 Å². The van der Waals surface area contributed by atoms with Crippen molar-refractivity contribution in [3.05, 3.63) is 108 Å². The van der Waals surface area contributed by atoms with Crippen LogP contribution in [0.2, 0.25) is 0 Å². The minimum absolute atomic E-state index is 0.0906. The number of anilines is 5.